The number of alkyl halides is 15. The highest BCUT2D eigenvalue weighted by Crippen LogP contribution is 2.37. The highest BCUT2D eigenvalue weighted by atomic mass is 19.4. The van der Waals surface area contributed by atoms with Crippen LogP contribution in [0.5, 0.6) is 0 Å². The van der Waals surface area contributed by atoms with Gasteiger partial charge in [0.05, 0.1) is 59.5 Å². The molecule has 0 atom stereocenters. The molecular formula is C20H27F15O6. The van der Waals surface area contributed by atoms with Crippen molar-refractivity contribution in [3.05, 3.63) is 0 Å². The first kappa shape index (κ1) is 39.7. The molecule has 41 heavy (non-hydrogen) atoms. The first-order chi connectivity index (χ1) is 18.4. The van der Waals surface area contributed by atoms with Gasteiger partial charge in [0.1, 0.15) is 19.8 Å². The molecule has 0 rings (SSSR count). The normalized spacial score (nSPS) is 14.6. The largest absolute Gasteiger partial charge is 0.455 e. The van der Waals surface area contributed by atoms with Gasteiger partial charge in [-0.2, -0.15) is 65.9 Å². The zero-order valence-electron chi connectivity index (χ0n) is 21.1. The van der Waals surface area contributed by atoms with Crippen LogP contribution in [-0.2, 0) is 28.4 Å². The van der Waals surface area contributed by atoms with Crippen LogP contribution >= 0.6 is 0 Å². The minimum atomic E-state index is -5.85. The van der Waals surface area contributed by atoms with Crippen LogP contribution in [-0.4, -0.2) is 116 Å². The standard InChI is InChI=1S/C20H27F15O6/c1-14(8-36-2-5-39-11-15(21,22)18(27,28)29,9-37-3-6-40-12-16(23,24)19(30,31)32)10-38-4-7-41-13-17(25,26)20(33,34)35/h2-13H2,1H3. The Morgan fingerprint density at radius 2 is 0.488 bits per heavy atom. The predicted octanol–water partition coefficient (Wildman–Crippen LogP) is 5.69. The van der Waals surface area contributed by atoms with Gasteiger partial charge in [0, 0.05) is 5.41 Å². The van der Waals surface area contributed by atoms with Crippen molar-refractivity contribution in [1.82, 2.24) is 0 Å². The summed E-state index contributed by atoms with van der Waals surface area (Å²) in [5.41, 5.74) is -1.26. The van der Waals surface area contributed by atoms with Gasteiger partial charge in [-0.1, -0.05) is 6.92 Å². The smallest absolute Gasteiger partial charge is 0.378 e. The lowest BCUT2D eigenvalue weighted by atomic mass is 9.94. The molecule has 0 aromatic carbocycles. The second kappa shape index (κ2) is 16.0. The summed E-state index contributed by atoms with van der Waals surface area (Å²) in [7, 11) is 0. The number of hydrogen-bond donors (Lipinski definition) is 0. The topological polar surface area (TPSA) is 55.4 Å². The molecule has 0 saturated heterocycles. The van der Waals surface area contributed by atoms with Gasteiger partial charge in [0.2, 0.25) is 0 Å². The molecule has 0 bridgehead atoms. The Balaban J connectivity index is 4.70. The molecule has 0 spiro atoms. The molecule has 0 heterocycles. The van der Waals surface area contributed by atoms with Crippen LogP contribution in [0, 0.1) is 5.41 Å². The van der Waals surface area contributed by atoms with E-state index in [1.165, 1.54) is 6.92 Å². The lowest BCUT2D eigenvalue weighted by Crippen LogP contribution is -2.41. The predicted molar refractivity (Wildman–Crippen MR) is 106 cm³/mol. The molecule has 21 heteroatoms. The van der Waals surface area contributed by atoms with Crippen molar-refractivity contribution >= 4 is 0 Å². The summed E-state index contributed by atoms with van der Waals surface area (Å²) in [5, 5.41) is 0. The number of halogens is 15. The molecule has 0 aliphatic carbocycles. The Morgan fingerprint density at radius 1 is 0.317 bits per heavy atom. The lowest BCUT2D eigenvalue weighted by molar-refractivity contribution is -0.297. The third-order valence-corrected chi connectivity index (χ3v) is 4.56. The molecule has 248 valence electrons. The van der Waals surface area contributed by atoms with Gasteiger partial charge in [-0.25, -0.2) is 0 Å². The Kier molecular flexibility index (Phi) is 15.5. The molecule has 0 radical (unpaired) electrons. The molecule has 0 aromatic heterocycles. The van der Waals surface area contributed by atoms with Crippen molar-refractivity contribution in [3.63, 3.8) is 0 Å². The summed E-state index contributed by atoms with van der Waals surface area (Å²) < 4.78 is 214. The maximum Gasteiger partial charge on any atom is 0.455 e. The minimum Gasteiger partial charge on any atom is -0.378 e. The molecule has 6 nitrogen and oxygen atoms in total. The highest BCUT2D eigenvalue weighted by Gasteiger charge is 2.59. The second-order valence-corrected chi connectivity index (χ2v) is 8.73. The zero-order valence-corrected chi connectivity index (χ0v) is 21.1. The van der Waals surface area contributed by atoms with E-state index in [1.807, 2.05) is 0 Å². The molecule has 0 amide bonds. The molecule has 0 fully saturated rings. The van der Waals surface area contributed by atoms with Crippen molar-refractivity contribution in [3.8, 4) is 0 Å². The Bertz CT molecular complexity index is 632. The summed E-state index contributed by atoms with van der Waals surface area (Å²) in [6.45, 7) is -9.66. The van der Waals surface area contributed by atoms with Crippen molar-refractivity contribution in [2.45, 2.75) is 43.2 Å². The van der Waals surface area contributed by atoms with Gasteiger partial charge in [-0.05, 0) is 0 Å². The van der Waals surface area contributed by atoms with E-state index < -0.39 is 121 Å². The van der Waals surface area contributed by atoms with Gasteiger partial charge in [0.15, 0.2) is 0 Å². The van der Waals surface area contributed by atoms with Crippen molar-refractivity contribution < 1.29 is 94.3 Å². The van der Waals surface area contributed by atoms with E-state index in [2.05, 4.69) is 14.2 Å². The molecule has 0 aromatic rings. The number of rotatable bonds is 21. The van der Waals surface area contributed by atoms with Crippen LogP contribution in [0.25, 0.3) is 0 Å². The van der Waals surface area contributed by atoms with E-state index in [-0.39, 0.29) is 0 Å². The van der Waals surface area contributed by atoms with Crippen LogP contribution in [0.4, 0.5) is 65.9 Å². The quantitative estimate of drug-likeness (QED) is 0.118. The number of hydrogen-bond acceptors (Lipinski definition) is 6. The first-order valence-corrected chi connectivity index (χ1v) is 11.2. The van der Waals surface area contributed by atoms with Gasteiger partial charge >= 0.3 is 36.3 Å². The molecule has 0 saturated carbocycles. The molecular weight excluding hydrogens is 621 g/mol. The summed E-state index contributed by atoms with van der Waals surface area (Å²) >= 11 is 0. The van der Waals surface area contributed by atoms with Crippen LogP contribution in [0.1, 0.15) is 6.92 Å². The van der Waals surface area contributed by atoms with E-state index >= 15 is 0 Å². The number of ether oxygens (including phenoxy) is 6. The minimum absolute atomic E-state index is 0.411. The van der Waals surface area contributed by atoms with E-state index in [0.717, 1.165) is 0 Å². The third kappa shape index (κ3) is 15.1. The summed E-state index contributed by atoms with van der Waals surface area (Å²) in [4.78, 5) is 0. The highest BCUT2D eigenvalue weighted by molar-refractivity contribution is 4.77. The van der Waals surface area contributed by atoms with Gasteiger partial charge in [-0.3, -0.25) is 0 Å². The van der Waals surface area contributed by atoms with Gasteiger partial charge in [-0.15, -0.1) is 0 Å². The van der Waals surface area contributed by atoms with Crippen molar-refractivity contribution in [2.75, 3.05) is 79.3 Å². The van der Waals surface area contributed by atoms with E-state index in [1.54, 1.807) is 0 Å². The van der Waals surface area contributed by atoms with Crippen LogP contribution < -0.4 is 0 Å². The molecule has 0 aliphatic heterocycles. The van der Waals surface area contributed by atoms with E-state index in [9.17, 15) is 65.9 Å². The van der Waals surface area contributed by atoms with Crippen molar-refractivity contribution in [2.24, 2.45) is 5.41 Å². The fourth-order valence-electron chi connectivity index (χ4n) is 2.28. The van der Waals surface area contributed by atoms with E-state index in [0.29, 0.717) is 0 Å². The average Bonchev–Trinajstić information content (AvgIpc) is 2.78. The second-order valence-electron chi connectivity index (χ2n) is 8.73. The lowest BCUT2D eigenvalue weighted by Gasteiger charge is -2.29. The van der Waals surface area contributed by atoms with Crippen LogP contribution in [0.2, 0.25) is 0 Å². The molecule has 0 unspecified atom stereocenters. The maximum absolute atomic E-state index is 12.8. The average molecular weight is 648 g/mol. The molecule has 0 aliphatic rings. The third-order valence-electron chi connectivity index (χ3n) is 4.56. The summed E-state index contributed by atoms with van der Waals surface area (Å²) in [5.74, 6) is -15.4. The SMILES string of the molecule is CC(COCCOCC(F)(F)C(F)(F)F)(COCCOCC(F)(F)C(F)(F)F)COCCOCC(F)(F)C(F)(F)F. The summed E-state index contributed by atoms with van der Waals surface area (Å²) in [6, 6.07) is 0. The Labute approximate surface area is 223 Å². The molecule has 0 N–H and O–H groups in total. The first-order valence-electron chi connectivity index (χ1n) is 11.2. The fraction of sp³-hybridized carbons (Fsp3) is 1.00. The Morgan fingerprint density at radius 3 is 0.659 bits per heavy atom. The van der Waals surface area contributed by atoms with E-state index in [4.69, 9.17) is 14.2 Å². The van der Waals surface area contributed by atoms with Gasteiger partial charge < -0.3 is 28.4 Å². The maximum atomic E-state index is 12.8. The van der Waals surface area contributed by atoms with Crippen LogP contribution in [0.15, 0.2) is 0 Å². The monoisotopic (exact) mass is 648 g/mol. The summed E-state index contributed by atoms with van der Waals surface area (Å²) in [6.07, 6.45) is -17.5. The van der Waals surface area contributed by atoms with Crippen molar-refractivity contribution in [1.29, 1.82) is 0 Å². The van der Waals surface area contributed by atoms with Gasteiger partial charge in [0.25, 0.3) is 0 Å². The van der Waals surface area contributed by atoms with Crippen LogP contribution in [0.3, 0.4) is 0 Å². The Hall–Kier alpha value is -1.29. The fourth-order valence-corrected chi connectivity index (χ4v) is 2.28. The zero-order chi connectivity index (χ0) is 32.2.